The average Bonchev–Trinajstić information content (AvgIpc) is 3.03. The Morgan fingerprint density at radius 3 is 2.50 bits per heavy atom. The topological polar surface area (TPSA) is 52.8 Å². The number of carbonyl (C=O) groups is 1. The molecule has 0 fully saturated rings. The average molecular weight is 413 g/mol. The maximum absolute atomic E-state index is 12.5. The van der Waals surface area contributed by atoms with Gasteiger partial charge in [-0.25, -0.2) is 0 Å². The second-order valence-corrected chi connectivity index (χ2v) is 7.77. The normalized spacial score (nSPS) is 11.4. The predicted octanol–water partition coefficient (Wildman–Crippen LogP) is 3.75. The molecule has 1 aromatic heterocycles. The lowest BCUT2D eigenvalue weighted by Gasteiger charge is -2.08. The summed E-state index contributed by atoms with van der Waals surface area (Å²) in [4.78, 5) is 18.6. The third-order valence-corrected chi connectivity index (χ3v) is 5.96. The summed E-state index contributed by atoms with van der Waals surface area (Å²) in [5, 5.41) is 0. The highest BCUT2D eigenvalue weighted by Gasteiger charge is 2.13. The summed E-state index contributed by atoms with van der Waals surface area (Å²) in [6.07, 6.45) is 7.80. The Morgan fingerprint density at radius 1 is 1.21 bits per heavy atom. The van der Waals surface area contributed by atoms with Crippen molar-refractivity contribution in [2.45, 2.75) is 17.9 Å². The first-order chi connectivity index (χ1) is 13.6. The summed E-state index contributed by atoms with van der Waals surface area (Å²) in [5.74, 6) is 3.64. The molecule has 0 aliphatic heterocycles. The first-order valence-corrected chi connectivity index (χ1v) is 10.5. The molecule has 28 heavy (non-hydrogen) atoms. The van der Waals surface area contributed by atoms with Crippen LogP contribution in [0.15, 0.2) is 46.3 Å². The van der Waals surface area contributed by atoms with E-state index >= 15 is 0 Å². The molecule has 0 aliphatic carbocycles. The van der Waals surface area contributed by atoms with Crippen LogP contribution in [-0.2, 0) is 17.8 Å². The van der Waals surface area contributed by atoms with Gasteiger partial charge in [-0.05, 0) is 24.0 Å². The van der Waals surface area contributed by atoms with Crippen LogP contribution >= 0.6 is 23.1 Å². The van der Waals surface area contributed by atoms with Gasteiger partial charge in [0.15, 0.2) is 16.3 Å². The number of terminal acetylenes is 1. The number of hydrogen-bond donors (Lipinski definition) is 0. The Bertz CT molecular complexity index is 1110. The lowest BCUT2D eigenvalue weighted by molar-refractivity contribution is -0.117. The molecule has 1 heterocycles. The molecule has 0 saturated carbocycles. The Morgan fingerprint density at radius 2 is 1.89 bits per heavy atom. The van der Waals surface area contributed by atoms with Crippen LogP contribution in [0.25, 0.3) is 10.2 Å². The van der Waals surface area contributed by atoms with Crippen LogP contribution in [0.2, 0.25) is 0 Å². The van der Waals surface area contributed by atoms with Gasteiger partial charge in [0.2, 0.25) is 0 Å². The van der Waals surface area contributed by atoms with Crippen LogP contribution in [-0.4, -0.2) is 30.9 Å². The molecule has 0 saturated heterocycles. The van der Waals surface area contributed by atoms with Gasteiger partial charge in [-0.1, -0.05) is 29.4 Å². The van der Waals surface area contributed by atoms with Crippen molar-refractivity contribution in [3.8, 4) is 23.8 Å². The van der Waals surface area contributed by atoms with Gasteiger partial charge in [0.25, 0.3) is 5.91 Å². The van der Waals surface area contributed by atoms with Crippen LogP contribution in [0.1, 0.15) is 5.56 Å². The number of benzene rings is 2. The SMILES string of the molecule is C#CCn1c(=NC(=O)Cc2ccc(SC)cc2)sc2cc(OC)c(OC)cc21. The molecular formula is C21H20N2O3S2. The molecule has 0 spiro atoms. The molecule has 0 N–H and O–H groups in total. The Labute approximate surface area is 172 Å². The predicted molar refractivity (Wildman–Crippen MR) is 114 cm³/mol. The summed E-state index contributed by atoms with van der Waals surface area (Å²) in [6, 6.07) is 11.6. The van der Waals surface area contributed by atoms with Gasteiger partial charge in [-0.15, -0.1) is 18.2 Å². The van der Waals surface area contributed by atoms with Gasteiger partial charge < -0.3 is 14.0 Å². The molecule has 5 nitrogen and oxygen atoms in total. The Kier molecular flexibility index (Phi) is 6.45. The van der Waals surface area contributed by atoms with Crippen molar-refractivity contribution in [1.29, 1.82) is 0 Å². The first-order valence-electron chi connectivity index (χ1n) is 8.49. The molecule has 144 valence electrons. The van der Waals surface area contributed by atoms with E-state index in [2.05, 4.69) is 10.9 Å². The van der Waals surface area contributed by atoms with Crippen LogP contribution in [0.3, 0.4) is 0 Å². The van der Waals surface area contributed by atoms with Gasteiger partial charge in [0, 0.05) is 17.0 Å². The highest BCUT2D eigenvalue weighted by Crippen LogP contribution is 2.33. The fourth-order valence-electron chi connectivity index (χ4n) is 2.79. The number of carbonyl (C=O) groups excluding carboxylic acids is 1. The molecule has 0 bridgehead atoms. The number of hydrogen-bond acceptors (Lipinski definition) is 5. The van der Waals surface area contributed by atoms with Crippen LogP contribution in [0, 0.1) is 12.3 Å². The number of ether oxygens (including phenoxy) is 2. The highest BCUT2D eigenvalue weighted by molar-refractivity contribution is 7.98. The summed E-state index contributed by atoms with van der Waals surface area (Å²) in [6.45, 7) is 0.310. The second-order valence-electron chi connectivity index (χ2n) is 5.88. The number of methoxy groups -OCH3 is 2. The molecular weight excluding hydrogens is 392 g/mol. The first kappa shape index (κ1) is 20.1. The zero-order valence-electron chi connectivity index (χ0n) is 15.9. The summed E-state index contributed by atoms with van der Waals surface area (Å²) >= 11 is 3.06. The van der Waals surface area contributed by atoms with E-state index in [1.807, 2.05) is 47.2 Å². The standard InChI is InChI=1S/C21H20N2O3S2/c1-5-10-23-16-12-17(25-2)18(26-3)13-19(16)28-21(23)22-20(24)11-14-6-8-15(27-4)9-7-14/h1,6-9,12-13H,10-11H2,2-4H3. The minimum Gasteiger partial charge on any atom is -0.493 e. The maximum Gasteiger partial charge on any atom is 0.252 e. The highest BCUT2D eigenvalue weighted by atomic mass is 32.2. The van der Waals surface area contributed by atoms with Gasteiger partial charge in [-0.2, -0.15) is 4.99 Å². The summed E-state index contributed by atoms with van der Waals surface area (Å²) in [7, 11) is 3.17. The molecule has 2 aromatic carbocycles. The number of rotatable bonds is 6. The smallest absolute Gasteiger partial charge is 0.252 e. The van der Waals surface area contributed by atoms with Crippen molar-refractivity contribution in [3.05, 3.63) is 46.8 Å². The number of amides is 1. The zero-order valence-corrected chi connectivity index (χ0v) is 17.5. The lowest BCUT2D eigenvalue weighted by atomic mass is 10.1. The van der Waals surface area contributed by atoms with E-state index in [4.69, 9.17) is 15.9 Å². The molecule has 7 heteroatoms. The monoisotopic (exact) mass is 412 g/mol. The number of nitrogens with zero attached hydrogens (tertiary/aromatic N) is 2. The molecule has 0 unspecified atom stereocenters. The van der Waals surface area contributed by atoms with Gasteiger partial charge in [0.05, 0.1) is 37.4 Å². The fourth-order valence-corrected chi connectivity index (χ4v) is 4.26. The summed E-state index contributed by atoms with van der Waals surface area (Å²) in [5.41, 5.74) is 1.79. The molecule has 0 atom stereocenters. The van der Waals surface area contributed by atoms with Crippen molar-refractivity contribution < 1.29 is 14.3 Å². The van der Waals surface area contributed by atoms with Crippen molar-refractivity contribution in [1.82, 2.24) is 4.57 Å². The third-order valence-electron chi connectivity index (χ3n) is 4.17. The van der Waals surface area contributed by atoms with Crippen molar-refractivity contribution >= 4 is 39.2 Å². The van der Waals surface area contributed by atoms with Crippen molar-refractivity contribution in [2.24, 2.45) is 4.99 Å². The van der Waals surface area contributed by atoms with Crippen LogP contribution in [0.5, 0.6) is 11.5 Å². The number of aromatic nitrogens is 1. The van der Waals surface area contributed by atoms with E-state index in [0.717, 1.165) is 20.7 Å². The fraction of sp³-hybridized carbons (Fsp3) is 0.238. The molecule has 0 radical (unpaired) electrons. The quantitative estimate of drug-likeness (QED) is 0.457. The minimum absolute atomic E-state index is 0.215. The number of thioether (sulfide) groups is 1. The summed E-state index contributed by atoms with van der Waals surface area (Å²) < 4.78 is 13.5. The van der Waals surface area contributed by atoms with Crippen molar-refractivity contribution in [3.63, 3.8) is 0 Å². The molecule has 3 rings (SSSR count). The van der Waals surface area contributed by atoms with E-state index in [1.54, 1.807) is 26.0 Å². The van der Waals surface area contributed by atoms with E-state index in [9.17, 15) is 4.79 Å². The Hall–Kier alpha value is -2.69. The van der Waals surface area contributed by atoms with E-state index in [-0.39, 0.29) is 12.3 Å². The van der Waals surface area contributed by atoms with E-state index in [1.165, 1.54) is 11.3 Å². The van der Waals surface area contributed by atoms with Gasteiger partial charge in [-0.3, -0.25) is 4.79 Å². The van der Waals surface area contributed by atoms with E-state index < -0.39 is 0 Å². The number of thiazole rings is 1. The lowest BCUT2D eigenvalue weighted by Crippen LogP contribution is -2.17. The number of fused-ring (bicyclic) bond motifs is 1. The Balaban J connectivity index is 2.01. The van der Waals surface area contributed by atoms with Crippen LogP contribution in [0.4, 0.5) is 0 Å². The molecule has 1 amide bonds. The second kappa shape index (κ2) is 9.00. The molecule has 3 aromatic rings. The van der Waals surface area contributed by atoms with Gasteiger partial charge in [0.1, 0.15) is 0 Å². The third kappa shape index (κ3) is 4.24. The minimum atomic E-state index is -0.215. The molecule has 0 aliphatic rings. The van der Waals surface area contributed by atoms with Crippen molar-refractivity contribution in [2.75, 3.05) is 20.5 Å². The van der Waals surface area contributed by atoms with Gasteiger partial charge >= 0.3 is 0 Å². The van der Waals surface area contributed by atoms with Crippen LogP contribution < -0.4 is 14.3 Å². The largest absolute Gasteiger partial charge is 0.493 e. The zero-order chi connectivity index (χ0) is 20.1. The maximum atomic E-state index is 12.5. The van der Waals surface area contributed by atoms with E-state index in [0.29, 0.717) is 22.8 Å².